The number of anilines is 1. The van der Waals surface area contributed by atoms with Crippen LogP contribution < -0.4 is 10.7 Å². The predicted molar refractivity (Wildman–Crippen MR) is 116 cm³/mol. The van der Waals surface area contributed by atoms with E-state index in [0.717, 1.165) is 0 Å². The largest absolute Gasteiger partial charge is 0.337 e. The first-order valence-corrected chi connectivity index (χ1v) is 9.63. The van der Waals surface area contributed by atoms with E-state index in [9.17, 15) is 18.8 Å². The third-order valence-corrected chi connectivity index (χ3v) is 4.91. The Morgan fingerprint density at radius 1 is 1.03 bits per heavy atom. The summed E-state index contributed by atoms with van der Waals surface area (Å²) in [5.41, 5.74) is 0.615. The third kappa shape index (κ3) is 4.36. The van der Waals surface area contributed by atoms with Crippen molar-refractivity contribution in [1.82, 2.24) is 9.55 Å². The molecule has 0 saturated carbocycles. The highest BCUT2D eigenvalue weighted by molar-refractivity contribution is 6.31. The summed E-state index contributed by atoms with van der Waals surface area (Å²) in [4.78, 5) is 42.4. The average molecular weight is 436 g/mol. The van der Waals surface area contributed by atoms with Crippen LogP contribution in [-0.2, 0) is 11.3 Å². The summed E-state index contributed by atoms with van der Waals surface area (Å²) in [6.07, 6.45) is 4.28. The summed E-state index contributed by atoms with van der Waals surface area (Å²) in [6.45, 7) is -0.174. The van der Waals surface area contributed by atoms with Gasteiger partial charge >= 0.3 is 0 Å². The number of carbonyl (C=O) groups excluding carboxylic acids is 2. The van der Waals surface area contributed by atoms with Crippen molar-refractivity contribution in [2.45, 2.75) is 6.54 Å². The van der Waals surface area contributed by atoms with Crippen LogP contribution >= 0.6 is 11.6 Å². The van der Waals surface area contributed by atoms with Crippen LogP contribution in [0.4, 0.5) is 10.1 Å². The van der Waals surface area contributed by atoms with Crippen molar-refractivity contribution in [3.05, 3.63) is 105 Å². The molecule has 0 spiro atoms. The molecule has 0 radical (unpaired) electrons. The number of halogens is 2. The molecule has 0 bridgehead atoms. The molecular formula is C23H15ClFN3O3. The fourth-order valence-corrected chi connectivity index (χ4v) is 3.38. The first kappa shape index (κ1) is 20.4. The zero-order valence-corrected chi connectivity index (χ0v) is 16.8. The Hall–Kier alpha value is -3.84. The van der Waals surface area contributed by atoms with Crippen LogP contribution in [0.25, 0.3) is 10.9 Å². The van der Waals surface area contributed by atoms with E-state index in [2.05, 4.69) is 10.3 Å². The minimum absolute atomic E-state index is 0.0875. The molecule has 0 saturated heterocycles. The second-order valence-electron chi connectivity index (χ2n) is 6.78. The van der Waals surface area contributed by atoms with Gasteiger partial charge in [0.15, 0.2) is 5.78 Å². The molecule has 6 nitrogen and oxygen atoms in total. The Labute approximate surface area is 180 Å². The van der Waals surface area contributed by atoms with Gasteiger partial charge in [-0.2, -0.15) is 0 Å². The second kappa shape index (κ2) is 8.49. The van der Waals surface area contributed by atoms with Gasteiger partial charge in [-0.3, -0.25) is 19.4 Å². The monoisotopic (exact) mass is 435 g/mol. The number of amides is 1. The molecule has 31 heavy (non-hydrogen) atoms. The minimum Gasteiger partial charge on any atom is -0.337 e. The van der Waals surface area contributed by atoms with Crippen molar-refractivity contribution in [2.75, 3.05) is 5.32 Å². The van der Waals surface area contributed by atoms with E-state index in [1.54, 1.807) is 12.1 Å². The van der Waals surface area contributed by atoms with Crippen LogP contribution in [0.5, 0.6) is 0 Å². The molecule has 2 aromatic heterocycles. The minimum atomic E-state index is -0.484. The Balaban J connectivity index is 1.76. The molecule has 0 fully saturated rings. The van der Waals surface area contributed by atoms with Crippen molar-refractivity contribution in [1.29, 1.82) is 0 Å². The highest BCUT2D eigenvalue weighted by Gasteiger charge is 2.18. The van der Waals surface area contributed by atoms with E-state index < -0.39 is 22.9 Å². The average Bonchev–Trinajstić information content (AvgIpc) is 2.77. The summed E-state index contributed by atoms with van der Waals surface area (Å²) in [6, 6.07) is 13.1. The lowest BCUT2D eigenvalue weighted by molar-refractivity contribution is -0.116. The maximum Gasteiger partial charge on any atom is 0.244 e. The molecule has 2 aromatic carbocycles. The summed E-state index contributed by atoms with van der Waals surface area (Å²) < 4.78 is 14.6. The molecule has 4 aromatic rings. The highest BCUT2D eigenvalue weighted by Crippen LogP contribution is 2.19. The molecule has 1 amide bonds. The molecule has 0 aliphatic rings. The van der Waals surface area contributed by atoms with Gasteiger partial charge in [0.2, 0.25) is 11.3 Å². The number of fused-ring (bicyclic) bond motifs is 1. The van der Waals surface area contributed by atoms with Crippen molar-refractivity contribution >= 4 is 39.9 Å². The molecule has 0 unspecified atom stereocenters. The van der Waals surface area contributed by atoms with Gasteiger partial charge in [0.05, 0.1) is 11.1 Å². The maximum atomic E-state index is 13.1. The Morgan fingerprint density at radius 2 is 1.74 bits per heavy atom. The van der Waals surface area contributed by atoms with Crippen molar-refractivity contribution < 1.29 is 14.0 Å². The zero-order chi connectivity index (χ0) is 22.0. The smallest absolute Gasteiger partial charge is 0.244 e. The SMILES string of the molecule is O=C(Cn1cc(C(=O)c2ccncc2)c(=O)c2cc(Cl)ccc21)Nc1ccc(F)cc1. The number of nitrogens with one attached hydrogen (secondary N) is 1. The maximum absolute atomic E-state index is 13.1. The fraction of sp³-hybridized carbons (Fsp3) is 0.0435. The lowest BCUT2D eigenvalue weighted by Gasteiger charge is -2.14. The van der Waals surface area contributed by atoms with Crippen molar-refractivity contribution in [2.24, 2.45) is 0 Å². The van der Waals surface area contributed by atoms with E-state index in [-0.39, 0.29) is 17.5 Å². The van der Waals surface area contributed by atoms with Gasteiger partial charge in [-0.1, -0.05) is 11.6 Å². The summed E-state index contributed by atoms with van der Waals surface area (Å²) in [5, 5.41) is 3.22. The van der Waals surface area contributed by atoms with E-state index in [4.69, 9.17) is 11.6 Å². The van der Waals surface area contributed by atoms with Gasteiger partial charge in [0, 0.05) is 40.3 Å². The molecule has 8 heteroatoms. The Morgan fingerprint density at radius 3 is 2.45 bits per heavy atom. The standard InChI is InChI=1S/C23H15ClFN3O3/c24-15-1-6-20-18(11-15)23(31)19(22(30)14-7-9-26-10-8-14)12-28(20)13-21(29)27-17-4-2-16(25)3-5-17/h1-12H,13H2,(H,27,29). The predicted octanol–water partition coefficient (Wildman–Crippen LogP) is 4.06. The van der Waals surface area contributed by atoms with Crippen LogP contribution in [0.3, 0.4) is 0 Å². The van der Waals surface area contributed by atoms with Gasteiger partial charge in [-0.05, 0) is 54.6 Å². The van der Waals surface area contributed by atoms with Crippen molar-refractivity contribution in [3.8, 4) is 0 Å². The van der Waals surface area contributed by atoms with Crippen LogP contribution in [0.2, 0.25) is 5.02 Å². The van der Waals surface area contributed by atoms with E-state index >= 15 is 0 Å². The van der Waals surface area contributed by atoms with Crippen LogP contribution in [0.1, 0.15) is 15.9 Å². The first-order chi connectivity index (χ1) is 14.9. The molecule has 2 heterocycles. The first-order valence-electron chi connectivity index (χ1n) is 9.25. The van der Waals surface area contributed by atoms with Crippen LogP contribution in [-0.4, -0.2) is 21.2 Å². The zero-order valence-electron chi connectivity index (χ0n) is 16.0. The second-order valence-corrected chi connectivity index (χ2v) is 7.22. The number of aromatic nitrogens is 2. The van der Waals surface area contributed by atoms with Gasteiger partial charge < -0.3 is 9.88 Å². The Bertz CT molecular complexity index is 1350. The molecule has 0 atom stereocenters. The number of pyridine rings is 2. The van der Waals surface area contributed by atoms with Gasteiger partial charge in [0.25, 0.3) is 0 Å². The molecular weight excluding hydrogens is 421 g/mol. The Kier molecular flexibility index (Phi) is 5.60. The molecule has 0 aliphatic carbocycles. The number of rotatable bonds is 5. The summed E-state index contributed by atoms with van der Waals surface area (Å²) >= 11 is 6.07. The normalized spacial score (nSPS) is 10.8. The quantitative estimate of drug-likeness (QED) is 0.479. The van der Waals surface area contributed by atoms with Crippen LogP contribution in [0.15, 0.2) is 78.0 Å². The number of hydrogen-bond acceptors (Lipinski definition) is 4. The van der Waals surface area contributed by atoms with Gasteiger partial charge in [0.1, 0.15) is 12.4 Å². The number of ketones is 1. The summed E-state index contributed by atoms with van der Waals surface area (Å²) in [7, 11) is 0. The molecule has 4 rings (SSSR count). The van der Waals surface area contributed by atoms with Gasteiger partial charge in [-0.25, -0.2) is 4.39 Å². The topological polar surface area (TPSA) is 81.1 Å². The number of nitrogens with zero attached hydrogens (tertiary/aromatic N) is 2. The molecule has 154 valence electrons. The van der Waals surface area contributed by atoms with E-state index in [0.29, 0.717) is 21.8 Å². The van der Waals surface area contributed by atoms with E-state index in [1.165, 1.54) is 65.6 Å². The lowest BCUT2D eigenvalue weighted by Crippen LogP contribution is -2.24. The molecule has 1 N–H and O–H groups in total. The van der Waals surface area contributed by atoms with Crippen molar-refractivity contribution in [3.63, 3.8) is 0 Å². The fourth-order valence-electron chi connectivity index (χ4n) is 3.21. The lowest BCUT2D eigenvalue weighted by atomic mass is 10.0. The van der Waals surface area contributed by atoms with Crippen LogP contribution in [0, 0.1) is 5.82 Å². The number of carbonyl (C=O) groups is 2. The summed E-state index contributed by atoms with van der Waals surface area (Å²) in [5.74, 6) is -1.31. The number of hydrogen-bond donors (Lipinski definition) is 1. The van der Waals surface area contributed by atoms with E-state index in [1.807, 2.05) is 0 Å². The number of benzene rings is 2. The van der Waals surface area contributed by atoms with Gasteiger partial charge in [-0.15, -0.1) is 0 Å². The highest BCUT2D eigenvalue weighted by atomic mass is 35.5. The molecule has 0 aliphatic heterocycles. The third-order valence-electron chi connectivity index (χ3n) is 4.67.